The van der Waals surface area contributed by atoms with Crippen LogP contribution in [0.15, 0.2) is 30.3 Å². The van der Waals surface area contributed by atoms with E-state index >= 15 is 0 Å². The molecule has 3 rings (SSSR count). The first-order chi connectivity index (χ1) is 11.6. The highest BCUT2D eigenvalue weighted by Crippen LogP contribution is 2.23. The van der Waals surface area contributed by atoms with E-state index in [0.29, 0.717) is 11.4 Å². The van der Waals surface area contributed by atoms with E-state index in [1.165, 1.54) is 0 Å². The maximum atomic E-state index is 12.3. The molecule has 0 aliphatic heterocycles. The molecule has 1 heterocycles. The SMILES string of the molecule is Nc1c(C(=O)NCc2ccccc2)nsc1C(=O)NC1CCCC1. The highest BCUT2D eigenvalue weighted by Gasteiger charge is 2.24. The number of benzene rings is 1. The third-order valence-corrected chi connectivity index (χ3v) is 5.00. The third kappa shape index (κ3) is 3.73. The number of hydrogen-bond acceptors (Lipinski definition) is 5. The average Bonchev–Trinajstić information content (AvgIpc) is 3.23. The van der Waals surface area contributed by atoms with Crippen molar-refractivity contribution in [1.29, 1.82) is 0 Å². The number of carbonyl (C=O) groups excluding carboxylic acids is 2. The molecule has 2 amide bonds. The van der Waals surface area contributed by atoms with Crippen LogP contribution >= 0.6 is 11.5 Å². The van der Waals surface area contributed by atoms with Crippen molar-refractivity contribution in [3.63, 3.8) is 0 Å². The van der Waals surface area contributed by atoms with Gasteiger partial charge in [-0.2, -0.15) is 4.37 Å². The summed E-state index contributed by atoms with van der Waals surface area (Å²) < 4.78 is 4.07. The highest BCUT2D eigenvalue weighted by molar-refractivity contribution is 7.09. The minimum Gasteiger partial charge on any atom is -0.395 e. The maximum absolute atomic E-state index is 12.3. The van der Waals surface area contributed by atoms with Crippen LogP contribution < -0.4 is 16.4 Å². The predicted octanol–water partition coefficient (Wildman–Crippen LogP) is 2.33. The molecule has 0 radical (unpaired) electrons. The Bertz CT molecular complexity index is 723. The van der Waals surface area contributed by atoms with Crippen LogP contribution in [-0.2, 0) is 6.54 Å². The zero-order valence-electron chi connectivity index (χ0n) is 13.2. The summed E-state index contributed by atoms with van der Waals surface area (Å²) in [5, 5.41) is 5.74. The molecule has 24 heavy (non-hydrogen) atoms. The normalized spacial score (nSPS) is 14.5. The van der Waals surface area contributed by atoms with E-state index in [1.54, 1.807) is 0 Å². The molecule has 4 N–H and O–H groups in total. The molecule has 0 bridgehead atoms. The molecule has 1 aliphatic carbocycles. The topological polar surface area (TPSA) is 97.1 Å². The van der Waals surface area contributed by atoms with Gasteiger partial charge >= 0.3 is 0 Å². The Morgan fingerprint density at radius 1 is 1.17 bits per heavy atom. The molecule has 0 spiro atoms. The molecule has 1 fully saturated rings. The molecular weight excluding hydrogens is 324 g/mol. The first-order valence-corrected chi connectivity index (χ1v) is 8.80. The molecule has 7 heteroatoms. The second-order valence-electron chi connectivity index (χ2n) is 5.90. The Morgan fingerprint density at radius 2 is 1.88 bits per heavy atom. The summed E-state index contributed by atoms with van der Waals surface area (Å²) in [6, 6.07) is 9.78. The van der Waals surface area contributed by atoms with Crippen molar-refractivity contribution in [3.05, 3.63) is 46.5 Å². The quantitative estimate of drug-likeness (QED) is 0.775. The summed E-state index contributed by atoms with van der Waals surface area (Å²) in [6.07, 6.45) is 4.26. The fraction of sp³-hybridized carbons (Fsp3) is 0.353. The van der Waals surface area contributed by atoms with Crippen LogP contribution in [0.3, 0.4) is 0 Å². The molecule has 0 saturated heterocycles. The van der Waals surface area contributed by atoms with Gasteiger partial charge in [-0.25, -0.2) is 0 Å². The Morgan fingerprint density at radius 3 is 2.58 bits per heavy atom. The smallest absolute Gasteiger partial charge is 0.273 e. The van der Waals surface area contributed by atoms with E-state index in [2.05, 4.69) is 15.0 Å². The first-order valence-electron chi connectivity index (χ1n) is 8.03. The van der Waals surface area contributed by atoms with E-state index in [1.807, 2.05) is 30.3 Å². The van der Waals surface area contributed by atoms with Gasteiger partial charge in [-0.15, -0.1) is 0 Å². The number of amides is 2. The molecule has 126 valence electrons. The summed E-state index contributed by atoms with van der Waals surface area (Å²) in [7, 11) is 0. The molecule has 0 unspecified atom stereocenters. The molecule has 1 aromatic heterocycles. The monoisotopic (exact) mass is 344 g/mol. The van der Waals surface area contributed by atoms with E-state index in [4.69, 9.17) is 5.73 Å². The molecular formula is C17H20N4O2S. The molecule has 1 aromatic carbocycles. The molecule has 6 nitrogen and oxygen atoms in total. The predicted molar refractivity (Wildman–Crippen MR) is 93.9 cm³/mol. The maximum Gasteiger partial charge on any atom is 0.273 e. The number of nitrogens with one attached hydrogen (secondary N) is 2. The summed E-state index contributed by atoms with van der Waals surface area (Å²) in [5.41, 5.74) is 7.23. The Balaban J connectivity index is 1.63. The van der Waals surface area contributed by atoms with Gasteiger partial charge in [-0.05, 0) is 29.9 Å². The van der Waals surface area contributed by atoms with Crippen molar-refractivity contribution >= 4 is 29.0 Å². The molecule has 1 saturated carbocycles. The van der Waals surface area contributed by atoms with Gasteiger partial charge in [0.1, 0.15) is 4.88 Å². The van der Waals surface area contributed by atoms with Gasteiger partial charge in [-0.3, -0.25) is 9.59 Å². The van der Waals surface area contributed by atoms with Crippen LogP contribution in [0.4, 0.5) is 5.69 Å². The lowest BCUT2D eigenvalue weighted by molar-refractivity contribution is 0.0941. The van der Waals surface area contributed by atoms with Crippen molar-refractivity contribution in [2.24, 2.45) is 0 Å². The second kappa shape index (κ2) is 7.44. The second-order valence-corrected chi connectivity index (χ2v) is 6.67. The number of aromatic nitrogens is 1. The largest absolute Gasteiger partial charge is 0.395 e. The van der Waals surface area contributed by atoms with Crippen molar-refractivity contribution in [2.75, 3.05) is 5.73 Å². The van der Waals surface area contributed by atoms with Crippen molar-refractivity contribution in [2.45, 2.75) is 38.3 Å². The number of rotatable bonds is 5. The van der Waals surface area contributed by atoms with E-state index < -0.39 is 0 Å². The fourth-order valence-electron chi connectivity index (χ4n) is 2.81. The average molecular weight is 344 g/mol. The summed E-state index contributed by atoms with van der Waals surface area (Å²) >= 11 is 0.970. The summed E-state index contributed by atoms with van der Waals surface area (Å²) in [6.45, 7) is 0.389. The van der Waals surface area contributed by atoms with Gasteiger partial charge in [0.25, 0.3) is 11.8 Å². The van der Waals surface area contributed by atoms with Gasteiger partial charge in [-0.1, -0.05) is 43.2 Å². The first kappa shape index (κ1) is 16.4. The zero-order chi connectivity index (χ0) is 16.9. The van der Waals surface area contributed by atoms with Gasteiger partial charge in [0.2, 0.25) is 0 Å². The van der Waals surface area contributed by atoms with Crippen molar-refractivity contribution < 1.29 is 9.59 Å². The Kier molecular flexibility index (Phi) is 5.10. The van der Waals surface area contributed by atoms with Crippen molar-refractivity contribution in [1.82, 2.24) is 15.0 Å². The number of nitrogen functional groups attached to an aromatic ring is 1. The Hall–Kier alpha value is -2.41. The lowest BCUT2D eigenvalue weighted by Gasteiger charge is -2.10. The lowest BCUT2D eigenvalue weighted by Crippen LogP contribution is -2.32. The van der Waals surface area contributed by atoms with Gasteiger partial charge in [0.05, 0.1) is 5.69 Å². The number of nitrogens with two attached hydrogens (primary N) is 1. The van der Waals surface area contributed by atoms with Crippen molar-refractivity contribution in [3.8, 4) is 0 Å². The fourth-order valence-corrected chi connectivity index (χ4v) is 3.51. The minimum absolute atomic E-state index is 0.118. The Labute approximate surface area is 144 Å². The highest BCUT2D eigenvalue weighted by atomic mass is 32.1. The van der Waals surface area contributed by atoms with Crippen LogP contribution in [0, 0.1) is 0 Å². The van der Waals surface area contributed by atoms with Crippen LogP contribution in [0.1, 0.15) is 51.4 Å². The number of hydrogen-bond donors (Lipinski definition) is 3. The number of carbonyl (C=O) groups is 2. The van der Waals surface area contributed by atoms with Crippen LogP contribution in [0.25, 0.3) is 0 Å². The molecule has 2 aromatic rings. The molecule has 0 atom stereocenters. The van der Waals surface area contributed by atoms with Crippen LogP contribution in [0.5, 0.6) is 0 Å². The summed E-state index contributed by atoms with van der Waals surface area (Å²) in [4.78, 5) is 24.8. The van der Waals surface area contributed by atoms with E-state index in [9.17, 15) is 9.59 Å². The van der Waals surface area contributed by atoms with Crippen LogP contribution in [-0.4, -0.2) is 22.2 Å². The zero-order valence-corrected chi connectivity index (χ0v) is 14.1. The molecule has 1 aliphatic rings. The third-order valence-electron chi connectivity index (χ3n) is 4.14. The number of nitrogens with zero attached hydrogens (tertiary/aromatic N) is 1. The number of anilines is 1. The minimum atomic E-state index is -0.368. The van der Waals surface area contributed by atoms with Gasteiger partial charge in [0.15, 0.2) is 5.69 Å². The lowest BCUT2D eigenvalue weighted by atomic mass is 10.2. The standard InChI is InChI=1S/C17H20N4O2S/c18-13-14(16(22)19-10-11-6-2-1-3-7-11)21-24-15(13)17(23)20-12-8-4-5-9-12/h1-3,6-7,12H,4-5,8-10,18H2,(H,19,22)(H,20,23). The van der Waals surface area contributed by atoms with E-state index in [-0.39, 0.29) is 29.2 Å². The van der Waals surface area contributed by atoms with Crippen LogP contribution in [0.2, 0.25) is 0 Å². The van der Waals surface area contributed by atoms with Gasteiger partial charge in [0, 0.05) is 12.6 Å². The van der Waals surface area contributed by atoms with Gasteiger partial charge < -0.3 is 16.4 Å². The van der Waals surface area contributed by atoms with E-state index in [0.717, 1.165) is 42.8 Å². The summed E-state index contributed by atoms with van der Waals surface area (Å²) in [5.74, 6) is -0.605.